The van der Waals surface area contributed by atoms with E-state index in [0.29, 0.717) is 30.3 Å². The lowest BCUT2D eigenvalue weighted by molar-refractivity contribution is 0.0997. The van der Waals surface area contributed by atoms with Gasteiger partial charge < -0.3 is 19.0 Å². The number of ketones is 1. The van der Waals surface area contributed by atoms with Crippen LogP contribution in [-0.2, 0) is 13.1 Å². The van der Waals surface area contributed by atoms with Crippen molar-refractivity contribution in [1.29, 1.82) is 0 Å². The molecular weight excluding hydrogens is 452 g/mol. The van der Waals surface area contributed by atoms with E-state index < -0.39 is 0 Å². The van der Waals surface area contributed by atoms with Crippen LogP contribution in [0.3, 0.4) is 0 Å². The lowest BCUT2D eigenvalue weighted by Gasteiger charge is -2.08. The first-order chi connectivity index (χ1) is 17.7. The zero-order valence-electron chi connectivity index (χ0n) is 20.2. The van der Waals surface area contributed by atoms with Crippen molar-refractivity contribution in [1.82, 2.24) is 19.9 Å². The lowest BCUT2D eigenvalue weighted by Crippen LogP contribution is -2.17. The van der Waals surface area contributed by atoms with Crippen LogP contribution in [0.1, 0.15) is 33.9 Å². The number of benzene rings is 2. The summed E-state index contributed by atoms with van der Waals surface area (Å²) >= 11 is 0. The molecule has 0 bridgehead atoms. The second-order valence-electron chi connectivity index (χ2n) is 8.58. The Balaban J connectivity index is 1.32. The van der Waals surface area contributed by atoms with Crippen LogP contribution < -0.4 is 10.1 Å². The molecule has 0 spiro atoms. The Bertz CT molecular complexity index is 1520. The Morgan fingerprint density at radius 3 is 2.89 bits per heavy atom. The first-order valence-corrected chi connectivity index (χ1v) is 12.0. The monoisotopic (exact) mass is 480 g/mol. The fourth-order valence-electron chi connectivity index (χ4n) is 4.38. The van der Waals surface area contributed by atoms with Gasteiger partial charge in [0.2, 0.25) is 0 Å². The molecule has 1 N–H and O–H groups in total. The van der Waals surface area contributed by atoms with Crippen molar-refractivity contribution in [2.24, 2.45) is 0 Å². The number of nitrogens with zero attached hydrogens (tertiary/aromatic N) is 3. The molecule has 182 valence electrons. The second-order valence-corrected chi connectivity index (χ2v) is 8.58. The van der Waals surface area contributed by atoms with E-state index in [0.717, 1.165) is 47.1 Å². The van der Waals surface area contributed by atoms with Crippen molar-refractivity contribution in [2.45, 2.75) is 26.4 Å². The number of fused-ring (bicyclic) bond motifs is 2. The number of carbonyl (C=O) groups excluding carboxylic acids is 1. The van der Waals surface area contributed by atoms with Crippen LogP contribution in [0.4, 0.5) is 0 Å². The summed E-state index contributed by atoms with van der Waals surface area (Å²) < 4.78 is 14.0. The predicted octanol–water partition coefficient (Wildman–Crippen LogP) is 5.46. The van der Waals surface area contributed by atoms with Gasteiger partial charge in [-0.1, -0.05) is 30.3 Å². The normalized spacial score (nSPS) is 11.2. The van der Waals surface area contributed by atoms with E-state index in [-0.39, 0.29) is 11.5 Å². The van der Waals surface area contributed by atoms with Gasteiger partial charge in [-0.2, -0.15) is 0 Å². The van der Waals surface area contributed by atoms with Gasteiger partial charge >= 0.3 is 0 Å². The Morgan fingerprint density at radius 2 is 2.06 bits per heavy atom. The molecule has 0 atom stereocenters. The van der Waals surface area contributed by atoms with Crippen molar-refractivity contribution >= 4 is 27.8 Å². The number of aryl methyl sites for hydroxylation is 1. The molecule has 0 saturated heterocycles. The van der Waals surface area contributed by atoms with Crippen LogP contribution in [0.25, 0.3) is 22.0 Å². The van der Waals surface area contributed by atoms with E-state index in [1.807, 2.05) is 72.3 Å². The predicted molar refractivity (Wildman–Crippen MR) is 140 cm³/mol. The SMILES string of the molecule is C=CCn1c(C(=O)c2oc3cccc(OCCCNCc4cccnc4)c3c2C)nc2ccccc21. The summed E-state index contributed by atoms with van der Waals surface area (Å²) in [6.07, 6.45) is 6.22. The third kappa shape index (κ3) is 4.65. The number of hydrogen-bond donors (Lipinski definition) is 1. The highest BCUT2D eigenvalue weighted by Gasteiger charge is 2.26. The van der Waals surface area contributed by atoms with Crippen molar-refractivity contribution < 1.29 is 13.9 Å². The van der Waals surface area contributed by atoms with E-state index in [1.165, 1.54) is 0 Å². The molecule has 5 rings (SSSR count). The Labute approximate surface area is 209 Å². The maximum Gasteiger partial charge on any atom is 0.263 e. The smallest absolute Gasteiger partial charge is 0.263 e. The summed E-state index contributed by atoms with van der Waals surface area (Å²) in [7, 11) is 0. The third-order valence-corrected chi connectivity index (χ3v) is 6.10. The highest BCUT2D eigenvalue weighted by molar-refractivity contribution is 6.10. The molecule has 0 saturated carbocycles. The summed E-state index contributed by atoms with van der Waals surface area (Å²) in [5.74, 6) is 1.06. The fraction of sp³-hybridized carbons (Fsp3) is 0.207. The first kappa shape index (κ1) is 23.5. The van der Waals surface area contributed by atoms with E-state index in [4.69, 9.17) is 9.15 Å². The fourth-order valence-corrected chi connectivity index (χ4v) is 4.38. The Kier molecular flexibility index (Phi) is 6.91. The van der Waals surface area contributed by atoms with Crippen LogP contribution in [0, 0.1) is 6.92 Å². The van der Waals surface area contributed by atoms with Gasteiger partial charge in [0, 0.05) is 31.0 Å². The standard InChI is InChI=1S/C29H28N4O3/c1-3-16-33-23-11-5-4-10-22(23)32-29(33)27(34)28-20(2)26-24(12-6-13-25(26)36-28)35-17-8-15-31-19-21-9-7-14-30-18-21/h3-7,9-14,18,31H,1,8,15-17,19H2,2H3. The molecular formula is C29H28N4O3. The second kappa shape index (κ2) is 10.6. The molecule has 0 aliphatic carbocycles. The molecule has 0 unspecified atom stereocenters. The average Bonchev–Trinajstić information content (AvgIpc) is 3.45. The number of carbonyl (C=O) groups is 1. The van der Waals surface area contributed by atoms with Crippen molar-refractivity contribution in [3.05, 3.63) is 102 Å². The molecule has 0 aliphatic heterocycles. The van der Waals surface area contributed by atoms with Crippen LogP contribution in [0.5, 0.6) is 5.75 Å². The zero-order chi connectivity index (χ0) is 24.9. The number of nitrogens with one attached hydrogen (secondary N) is 1. The number of para-hydroxylation sites is 2. The van der Waals surface area contributed by atoms with Gasteiger partial charge in [0.25, 0.3) is 5.78 Å². The first-order valence-electron chi connectivity index (χ1n) is 12.0. The minimum Gasteiger partial charge on any atom is -0.493 e. The van der Waals surface area contributed by atoms with Crippen molar-refractivity contribution in [3.63, 3.8) is 0 Å². The average molecular weight is 481 g/mol. The molecule has 7 nitrogen and oxygen atoms in total. The lowest BCUT2D eigenvalue weighted by atomic mass is 10.1. The largest absolute Gasteiger partial charge is 0.493 e. The minimum absolute atomic E-state index is 0.257. The van der Waals surface area contributed by atoms with Crippen molar-refractivity contribution in [3.8, 4) is 5.75 Å². The number of ether oxygens (including phenoxy) is 1. The number of pyridine rings is 1. The van der Waals surface area contributed by atoms with Gasteiger partial charge in [-0.15, -0.1) is 6.58 Å². The molecule has 7 heteroatoms. The van der Waals surface area contributed by atoms with Gasteiger partial charge in [0.05, 0.1) is 23.0 Å². The van der Waals surface area contributed by atoms with Crippen molar-refractivity contribution in [2.75, 3.05) is 13.2 Å². The van der Waals surface area contributed by atoms with Gasteiger partial charge in [0.1, 0.15) is 11.3 Å². The highest BCUT2D eigenvalue weighted by atomic mass is 16.5. The number of rotatable bonds is 11. The number of allylic oxidation sites excluding steroid dienone is 1. The quantitative estimate of drug-likeness (QED) is 0.154. The van der Waals surface area contributed by atoms with E-state index in [9.17, 15) is 4.79 Å². The summed E-state index contributed by atoms with van der Waals surface area (Å²) in [4.78, 5) is 22.3. The number of imidazole rings is 1. The molecule has 3 heterocycles. The summed E-state index contributed by atoms with van der Waals surface area (Å²) in [5, 5.41) is 4.22. The summed E-state index contributed by atoms with van der Waals surface area (Å²) in [5.41, 5.74) is 4.16. The number of hydrogen-bond acceptors (Lipinski definition) is 6. The summed E-state index contributed by atoms with van der Waals surface area (Å²) in [6, 6.07) is 17.3. The van der Waals surface area contributed by atoms with Gasteiger partial charge in [-0.05, 0) is 55.8 Å². The maximum absolute atomic E-state index is 13.6. The van der Waals surface area contributed by atoms with Crippen LogP contribution >= 0.6 is 0 Å². The Hall–Kier alpha value is -4.23. The topological polar surface area (TPSA) is 82.2 Å². The van der Waals surface area contributed by atoms with Crippen LogP contribution in [-0.4, -0.2) is 33.5 Å². The molecule has 0 amide bonds. The molecule has 5 aromatic rings. The number of furan rings is 1. The molecule has 3 aromatic heterocycles. The zero-order valence-corrected chi connectivity index (χ0v) is 20.2. The molecule has 0 radical (unpaired) electrons. The minimum atomic E-state index is -0.257. The van der Waals surface area contributed by atoms with E-state index in [1.54, 1.807) is 12.3 Å². The molecule has 0 aliphatic rings. The third-order valence-electron chi connectivity index (χ3n) is 6.10. The molecule has 36 heavy (non-hydrogen) atoms. The maximum atomic E-state index is 13.6. The van der Waals surface area contributed by atoms with Gasteiger partial charge in [-0.3, -0.25) is 9.78 Å². The van der Waals surface area contributed by atoms with E-state index >= 15 is 0 Å². The number of aromatic nitrogens is 3. The molecule has 2 aromatic carbocycles. The van der Waals surface area contributed by atoms with Gasteiger partial charge in [-0.25, -0.2) is 4.98 Å². The summed E-state index contributed by atoms with van der Waals surface area (Å²) in [6.45, 7) is 8.33. The van der Waals surface area contributed by atoms with Crippen LogP contribution in [0.15, 0.2) is 84.1 Å². The van der Waals surface area contributed by atoms with E-state index in [2.05, 4.69) is 21.9 Å². The van der Waals surface area contributed by atoms with Crippen LogP contribution in [0.2, 0.25) is 0 Å². The van der Waals surface area contributed by atoms with Gasteiger partial charge in [0.15, 0.2) is 11.6 Å². The molecule has 0 fully saturated rings. The Morgan fingerprint density at radius 1 is 1.17 bits per heavy atom. The highest BCUT2D eigenvalue weighted by Crippen LogP contribution is 2.34.